The minimum absolute atomic E-state index is 0.0433. The second-order valence-electron chi connectivity index (χ2n) is 6.69. The van der Waals surface area contributed by atoms with E-state index in [0.29, 0.717) is 12.5 Å². The van der Waals surface area contributed by atoms with Gasteiger partial charge in [-0.15, -0.1) is 0 Å². The highest BCUT2D eigenvalue weighted by molar-refractivity contribution is 5.73. The highest BCUT2D eigenvalue weighted by atomic mass is 16.5. The van der Waals surface area contributed by atoms with Crippen LogP contribution in [-0.4, -0.2) is 55.9 Å². The summed E-state index contributed by atoms with van der Waals surface area (Å²) in [6.07, 6.45) is 7.29. The lowest BCUT2D eigenvalue weighted by Crippen LogP contribution is -2.51. The highest BCUT2D eigenvalue weighted by Crippen LogP contribution is 2.34. The second kappa shape index (κ2) is 5.90. The smallest absolute Gasteiger partial charge is 0.314 e. The molecule has 0 unspecified atom stereocenters. The van der Waals surface area contributed by atoms with Crippen LogP contribution in [0.2, 0.25) is 0 Å². The normalized spacial score (nSPS) is 28.9. The Bertz CT molecular complexity index is 348. The zero-order chi connectivity index (χ0) is 14.0. The first kappa shape index (κ1) is 14.1. The minimum atomic E-state index is -0.0898. The molecule has 5 heteroatoms. The van der Waals surface area contributed by atoms with Crippen molar-refractivity contribution in [2.45, 2.75) is 50.2 Å². The van der Waals surface area contributed by atoms with Crippen molar-refractivity contribution < 1.29 is 9.53 Å². The predicted octanol–water partition coefficient (Wildman–Crippen LogP) is 1.34. The number of hydrogen-bond acceptors (Lipinski definition) is 3. The van der Waals surface area contributed by atoms with Gasteiger partial charge in [0.25, 0.3) is 0 Å². The first-order chi connectivity index (χ1) is 9.71. The lowest BCUT2D eigenvalue weighted by atomic mass is 9.80. The Labute approximate surface area is 121 Å². The van der Waals surface area contributed by atoms with Gasteiger partial charge in [0.1, 0.15) is 0 Å². The number of nitrogens with zero attached hydrogens (tertiary/aromatic N) is 1. The van der Waals surface area contributed by atoms with Crippen LogP contribution in [-0.2, 0) is 4.74 Å². The quantitative estimate of drug-likeness (QED) is 0.772. The molecule has 20 heavy (non-hydrogen) atoms. The lowest BCUT2D eigenvalue weighted by molar-refractivity contribution is -0.0674. The predicted molar refractivity (Wildman–Crippen MR) is 77.7 cm³/mol. The van der Waals surface area contributed by atoms with E-state index in [1.54, 1.807) is 7.11 Å². The van der Waals surface area contributed by atoms with Crippen molar-refractivity contribution in [1.29, 1.82) is 0 Å². The fourth-order valence-corrected chi connectivity index (χ4v) is 3.37. The number of methoxy groups -OCH3 is 1. The summed E-state index contributed by atoms with van der Waals surface area (Å²) in [5.41, 5.74) is -0.0898. The number of amides is 2. The van der Waals surface area contributed by atoms with Gasteiger partial charge in [-0.1, -0.05) is 0 Å². The first-order valence-electron chi connectivity index (χ1n) is 8.02. The maximum atomic E-state index is 11.8. The van der Waals surface area contributed by atoms with Gasteiger partial charge in [0.2, 0.25) is 0 Å². The zero-order valence-corrected chi connectivity index (χ0v) is 12.5. The van der Waals surface area contributed by atoms with E-state index in [4.69, 9.17) is 4.74 Å². The number of urea groups is 1. The molecule has 1 aliphatic heterocycles. The molecule has 3 aliphatic rings. The third kappa shape index (κ3) is 3.26. The molecule has 2 saturated carbocycles. The van der Waals surface area contributed by atoms with Crippen molar-refractivity contribution in [3.05, 3.63) is 0 Å². The summed E-state index contributed by atoms with van der Waals surface area (Å²) in [7, 11) is 1.74. The third-order valence-electron chi connectivity index (χ3n) is 5.20. The van der Waals surface area contributed by atoms with Gasteiger partial charge in [0.15, 0.2) is 0 Å². The van der Waals surface area contributed by atoms with Gasteiger partial charge < -0.3 is 20.3 Å². The Kier molecular flexibility index (Phi) is 4.17. The number of nitrogens with one attached hydrogen (secondary N) is 2. The minimum Gasteiger partial charge on any atom is -0.376 e. The number of rotatable bonds is 6. The molecule has 5 nitrogen and oxygen atoms in total. The van der Waals surface area contributed by atoms with E-state index in [1.165, 1.54) is 32.2 Å². The molecule has 3 fully saturated rings. The zero-order valence-electron chi connectivity index (χ0n) is 12.5. The van der Waals surface area contributed by atoms with E-state index in [1.807, 2.05) is 0 Å². The average Bonchev–Trinajstić information content (AvgIpc) is 3.15. The molecule has 2 amide bonds. The molecule has 0 aromatic carbocycles. The summed E-state index contributed by atoms with van der Waals surface area (Å²) >= 11 is 0. The van der Waals surface area contributed by atoms with E-state index >= 15 is 0 Å². The fourth-order valence-electron chi connectivity index (χ4n) is 3.37. The Hall–Kier alpha value is -0.810. The van der Waals surface area contributed by atoms with Crippen molar-refractivity contribution in [2.75, 3.05) is 33.3 Å². The van der Waals surface area contributed by atoms with Gasteiger partial charge in [0, 0.05) is 32.8 Å². The van der Waals surface area contributed by atoms with Gasteiger partial charge in [-0.3, -0.25) is 0 Å². The van der Waals surface area contributed by atoms with Gasteiger partial charge >= 0.3 is 6.03 Å². The van der Waals surface area contributed by atoms with Crippen LogP contribution < -0.4 is 10.6 Å². The molecule has 0 aromatic rings. The Morgan fingerprint density at radius 3 is 2.70 bits per heavy atom. The number of likely N-dealkylation sites (tertiary alicyclic amines) is 1. The molecule has 1 heterocycles. The maximum Gasteiger partial charge on any atom is 0.314 e. The molecular weight excluding hydrogens is 254 g/mol. The van der Waals surface area contributed by atoms with Crippen LogP contribution >= 0.6 is 0 Å². The highest BCUT2D eigenvalue weighted by Gasteiger charge is 2.37. The van der Waals surface area contributed by atoms with Gasteiger partial charge in [-0.25, -0.2) is 4.79 Å². The molecule has 0 bridgehead atoms. The summed E-state index contributed by atoms with van der Waals surface area (Å²) in [4.78, 5) is 14.4. The van der Waals surface area contributed by atoms with Crippen LogP contribution in [0.3, 0.4) is 0 Å². The molecule has 2 N–H and O–H groups in total. The Morgan fingerprint density at radius 2 is 2.10 bits per heavy atom. The van der Waals surface area contributed by atoms with Crippen molar-refractivity contribution in [2.24, 2.45) is 5.92 Å². The molecular formula is C15H27N3O2. The molecule has 114 valence electrons. The molecule has 0 spiro atoms. The standard InChI is InChI=1S/C15H27N3O2/c1-20-15(6-2-7-15)11-17-14(19)16-9-12-5-8-18(10-12)13-3-4-13/h12-13H,2-11H2,1H3,(H2,16,17,19)/t12-/m0/s1. The fraction of sp³-hybridized carbons (Fsp3) is 0.933. The number of carbonyl (C=O) groups is 1. The topological polar surface area (TPSA) is 53.6 Å². The van der Waals surface area contributed by atoms with Gasteiger partial charge in [-0.05, 0) is 51.0 Å². The van der Waals surface area contributed by atoms with Crippen molar-refractivity contribution >= 4 is 6.03 Å². The van der Waals surface area contributed by atoms with Crippen molar-refractivity contribution in [1.82, 2.24) is 15.5 Å². The van der Waals surface area contributed by atoms with E-state index in [2.05, 4.69) is 15.5 Å². The summed E-state index contributed by atoms with van der Waals surface area (Å²) in [6, 6.07) is 0.812. The third-order valence-corrected chi connectivity index (χ3v) is 5.20. The van der Waals surface area contributed by atoms with E-state index in [0.717, 1.165) is 32.0 Å². The van der Waals surface area contributed by atoms with Crippen LogP contribution in [0, 0.1) is 5.92 Å². The van der Waals surface area contributed by atoms with E-state index in [-0.39, 0.29) is 11.6 Å². The van der Waals surface area contributed by atoms with Gasteiger partial charge in [0.05, 0.1) is 5.60 Å². The largest absolute Gasteiger partial charge is 0.376 e. The van der Waals surface area contributed by atoms with Crippen LogP contribution in [0.4, 0.5) is 4.79 Å². The van der Waals surface area contributed by atoms with Crippen LogP contribution in [0.1, 0.15) is 38.5 Å². The maximum absolute atomic E-state index is 11.8. The summed E-state index contributed by atoms with van der Waals surface area (Å²) in [5, 5.41) is 5.98. The molecule has 1 atom stereocenters. The number of carbonyl (C=O) groups excluding carboxylic acids is 1. The Balaban J connectivity index is 1.31. The molecule has 1 saturated heterocycles. The summed E-state index contributed by atoms with van der Waals surface area (Å²) in [6.45, 7) is 3.81. The van der Waals surface area contributed by atoms with Crippen LogP contribution in [0.15, 0.2) is 0 Å². The van der Waals surface area contributed by atoms with Crippen molar-refractivity contribution in [3.63, 3.8) is 0 Å². The number of ether oxygens (including phenoxy) is 1. The van der Waals surface area contributed by atoms with E-state index < -0.39 is 0 Å². The summed E-state index contributed by atoms with van der Waals surface area (Å²) < 4.78 is 5.50. The first-order valence-corrected chi connectivity index (χ1v) is 8.02. The average molecular weight is 281 g/mol. The Morgan fingerprint density at radius 1 is 1.30 bits per heavy atom. The molecule has 2 aliphatic carbocycles. The number of hydrogen-bond donors (Lipinski definition) is 2. The van der Waals surface area contributed by atoms with E-state index in [9.17, 15) is 4.79 Å². The van der Waals surface area contributed by atoms with Crippen LogP contribution in [0.25, 0.3) is 0 Å². The lowest BCUT2D eigenvalue weighted by Gasteiger charge is -2.40. The van der Waals surface area contributed by atoms with Crippen LogP contribution in [0.5, 0.6) is 0 Å². The second-order valence-corrected chi connectivity index (χ2v) is 6.69. The SMILES string of the molecule is COC1(CNC(=O)NC[C@@H]2CCN(C3CC3)C2)CCC1. The summed E-state index contributed by atoms with van der Waals surface area (Å²) in [5.74, 6) is 0.626. The van der Waals surface area contributed by atoms with Crippen molar-refractivity contribution in [3.8, 4) is 0 Å². The molecule has 3 rings (SSSR count). The van der Waals surface area contributed by atoms with Gasteiger partial charge in [-0.2, -0.15) is 0 Å². The molecule has 0 aromatic heterocycles. The molecule has 0 radical (unpaired) electrons. The monoisotopic (exact) mass is 281 g/mol.